The molecule has 142 valence electrons. The minimum absolute atomic E-state index is 0.0332. The molecule has 1 atom stereocenters. The van der Waals surface area contributed by atoms with Crippen LogP contribution in [0, 0.1) is 10.1 Å². The first-order chi connectivity index (χ1) is 13.5. The summed E-state index contributed by atoms with van der Waals surface area (Å²) in [5.74, 6) is -0.292. The van der Waals surface area contributed by atoms with Crippen molar-refractivity contribution in [3.05, 3.63) is 80.0 Å². The predicted octanol–water partition coefficient (Wildman–Crippen LogP) is 4.88. The van der Waals surface area contributed by atoms with Crippen molar-refractivity contribution in [1.82, 2.24) is 0 Å². The minimum Gasteiger partial charge on any atom is -0.294 e. The normalized spacial score (nSPS) is 19.6. The van der Waals surface area contributed by atoms with E-state index in [1.54, 1.807) is 17.0 Å². The van der Waals surface area contributed by atoms with Gasteiger partial charge in [0.15, 0.2) is 5.78 Å². The highest BCUT2D eigenvalue weighted by Crippen LogP contribution is 2.43. The van der Waals surface area contributed by atoms with Crippen LogP contribution < -0.4 is 4.90 Å². The maximum Gasteiger partial charge on any atom is 0.269 e. The van der Waals surface area contributed by atoms with Crippen molar-refractivity contribution in [2.75, 3.05) is 4.90 Å². The van der Waals surface area contributed by atoms with E-state index >= 15 is 0 Å². The van der Waals surface area contributed by atoms with Crippen LogP contribution in [-0.2, 0) is 9.59 Å². The van der Waals surface area contributed by atoms with Gasteiger partial charge in [0.05, 0.1) is 4.92 Å². The molecule has 0 bridgehead atoms. The van der Waals surface area contributed by atoms with Crippen LogP contribution in [-0.4, -0.2) is 16.6 Å². The van der Waals surface area contributed by atoms with Gasteiger partial charge in [-0.05, 0) is 42.7 Å². The Hall–Kier alpha value is -2.80. The molecule has 0 saturated carbocycles. The highest BCUT2D eigenvalue weighted by molar-refractivity contribution is 9.10. The molecule has 4 rings (SSSR count). The summed E-state index contributed by atoms with van der Waals surface area (Å²) < 4.78 is 0.903. The fourth-order valence-corrected chi connectivity index (χ4v) is 4.44. The molecule has 0 aromatic heterocycles. The minimum atomic E-state index is -0.472. The van der Waals surface area contributed by atoms with Crippen molar-refractivity contribution in [3.63, 3.8) is 0 Å². The lowest BCUT2D eigenvalue weighted by Crippen LogP contribution is -2.40. The number of allylic oxidation sites excluding steroid dienone is 2. The third kappa shape index (κ3) is 3.26. The van der Waals surface area contributed by atoms with E-state index in [0.29, 0.717) is 30.5 Å². The van der Waals surface area contributed by atoms with Gasteiger partial charge in [0.1, 0.15) is 0 Å². The zero-order chi connectivity index (χ0) is 19.8. The van der Waals surface area contributed by atoms with Gasteiger partial charge in [0.25, 0.3) is 5.69 Å². The predicted molar refractivity (Wildman–Crippen MR) is 108 cm³/mol. The average molecular weight is 441 g/mol. The Balaban J connectivity index is 1.82. The monoisotopic (exact) mass is 440 g/mol. The molecule has 0 saturated heterocycles. The third-order valence-corrected chi connectivity index (χ3v) is 5.74. The first kappa shape index (κ1) is 18.6. The van der Waals surface area contributed by atoms with Gasteiger partial charge in [-0.3, -0.25) is 24.6 Å². The van der Waals surface area contributed by atoms with Crippen molar-refractivity contribution in [2.45, 2.75) is 31.6 Å². The number of nitrogens with zero attached hydrogens (tertiary/aromatic N) is 2. The number of non-ortho nitro benzene ring substituents is 1. The summed E-state index contributed by atoms with van der Waals surface area (Å²) in [4.78, 5) is 37.9. The fraction of sp³-hybridized carbons (Fsp3) is 0.238. The van der Waals surface area contributed by atoms with Crippen molar-refractivity contribution in [3.8, 4) is 0 Å². The Morgan fingerprint density at radius 1 is 1.07 bits per heavy atom. The van der Waals surface area contributed by atoms with E-state index in [2.05, 4.69) is 15.9 Å². The fourth-order valence-electron chi connectivity index (χ4n) is 4.02. The van der Waals surface area contributed by atoms with E-state index in [-0.39, 0.29) is 29.7 Å². The van der Waals surface area contributed by atoms with Gasteiger partial charge in [-0.1, -0.05) is 28.1 Å². The molecule has 2 aliphatic rings. The Bertz CT molecular complexity index is 1010. The molecule has 0 fully saturated rings. The zero-order valence-electron chi connectivity index (χ0n) is 14.9. The molecule has 7 heteroatoms. The molecule has 1 amide bonds. The number of nitro benzene ring substituents is 1. The lowest BCUT2D eigenvalue weighted by atomic mass is 9.77. The van der Waals surface area contributed by atoms with Crippen LogP contribution in [0.5, 0.6) is 0 Å². The molecule has 0 N–H and O–H groups in total. The van der Waals surface area contributed by atoms with Gasteiger partial charge in [0.2, 0.25) is 5.91 Å². The summed E-state index contributed by atoms with van der Waals surface area (Å²) in [6.45, 7) is 0. The number of rotatable bonds is 3. The number of hydrogen-bond acceptors (Lipinski definition) is 4. The van der Waals surface area contributed by atoms with E-state index in [9.17, 15) is 19.7 Å². The Labute approximate surface area is 170 Å². The Morgan fingerprint density at radius 3 is 2.50 bits per heavy atom. The molecule has 0 spiro atoms. The van der Waals surface area contributed by atoms with E-state index in [1.165, 1.54) is 12.1 Å². The van der Waals surface area contributed by atoms with Gasteiger partial charge in [0, 0.05) is 52.3 Å². The van der Waals surface area contributed by atoms with E-state index in [0.717, 1.165) is 15.7 Å². The number of amides is 1. The largest absolute Gasteiger partial charge is 0.294 e. The summed E-state index contributed by atoms with van der Waals surface area (Å²) in [5, 5.41) is 10.9. The Kier molecular flexibility index (Phi) is 4.85. The SMILES string of the molecule is O=C1CCCC2=C1C(c1cccc(Br)c1)CC(=O)N2c1ccc([N+](=O)[O-])cc1. The van der Waals surface area contributed by atoms with Gasteiger partial charge in [-0.2, -0.15) is 0 Å². The van der Waals surface area contributed by atoms with Crippen LogP contribution in [0.4, 0.5) is 11.4 Å². The number of Topliss-reactive ketones (excluding diaryl/α,β-unsaturated/α-hetero) is 1. The molecule has 2 aromatic carbocycles. The van der Waals surface area contributed by atoms with Crippen LogP contribution in [0.3, 0.4) is 0 Å². The number of carbonyl (C=O) groups excluding carboxylic acids is 2. The number of halogens is 1. The number of anilines is 1. The van der Waals surface area contributed by atoms with Gasteiger partial charge in [-0.15, -0.1) is 0 Å². The molecule has 1 unspecified atom stereocenters. The second-order valence-electron chi connectivity index (χ2n) is 6.95. The van der Waals surface area contributed by atoms with Crippen LogP contribution in [0.1, 0.15) is 37.2 Å². The summed E-state index contributed by atoms with van der Waals surface area (Å²) in [7, 11) is 0. The van der Waals surface area contributed by atoms with Crippen molar-refractivity contribution in [1.29, 1.82) is 0 Å². The second kappa shape index (κ2) is 7.31. The van der Waals surface area contributed by atoms with Gasteiger partial charge < -0.3 is 0 Å². The molecule has 1 aliphatic carbocycles. The summed E-state index contributed by atoms with van der Waals surface area (Å²) in [6.07, 6.45) is 2.00. The lowest BCUT2D eigenvalue weighted by molar-refractivity contribution is -0.384. The molecule has 28 heavy (non-hydrogen) atoms. The highest BCUT2D eigenvalue weighted by Gasteiger charge is 2.39. The number of hydrogen-bond donors (Lipinski definition) is 0. The number of carbonyl (C=O) groups is 2. The molecule has 2 aromatic rings. The third-order valence-electron chi connectivity index (χ3n) is 5.25. The average Bonchev–Trinajstić information content (AvgIpc) is 2.67. The van der Waals surface area contributed by atoms with Crippen LogP contribution in [0.15, 0.2) is 64.3 Å². The van der Waals surface area contributed by atoms with E-state index in [1.807, 2.05) is 24.3 Å². The molecule has 1 heterocycles. The highest BCUT2D eigenvalue weighted by atomic mass is 79.9. The van der Waals surface area contributed by atoms with Gasteiger partial charge >= 0.3 is 0 Å². The maximum absolute atomic E-state index is 13.1. The lowest BCUT2D eigenvalue weighted by Gasteiger charge is -2.38. The number of nitro groups is 1. The Morgan fingerprint density at radius 2 is 1.82 bits per heavy atom. The standard InChI is InChI=1S/C21H17BrN2O4/c22-14-4-1-3-13(11-14)17-12-20(26)23(18-5-2-6-19(25)21(17)18)15-7-9-16(10-8-15)24(27)28/h1,3-4,7-11,17H,2,5-6,12H2. The van der Waals surface area contributed by atoms with Crippen LogP contribution in [0.2, 0.25) is 0 Å². The first-order valence-electron chi connectivity index (χ1n) is 9.05. The van der Waals surface area contributed by atoms with Crippen molar-refractivity contribution < 1.29 is 14.5 Å². The van der Waals surface area contributed by atoms with Crippen LogP contribution >= 0.6 is 15.9 Å². The van der Waals surface area contributed by atoms with Crippen molar-refractivity contribution in [2.24, 2.45) is 0 Å². The molecular formula is C21H17BrN2O4. The zero-order valence-corrected chi connectivity index (χ0v) is 16.5. The number of ketones is 1. The quantitative estimate of drug-likeness (QED) is 0.502. The van der Waals surface area contributed by atoms with Gasteiger partial charge in [-0.25, -0.2) is 0 Å². The summed E-state index contributed by atoms with van der Waals surface area (Å²) >= 11 is 3.46. The second-order valence-corrected chi connectivity index (χ2v) is 7.87. The molecule has 0 radical (unpaired) electrons. The smallest absolute Gasteiger partial charge is 0.269 e. The molecular weight excluding hydrogens is 424 g/mol. The number of benzene rings is 2. The molecule has 6 nitrogen and oxygen atoms in total. The van der Waals surface area contributed by atoms with Crippen LogP contribution in [0.25, 0.3) is 0 Å². The molecule has 1 aliphatic heterocycles. The first-order valence-corrected chi connectivity index (χ1v) is 9.84. The van der Waals surface area contributed by atoms with E-state index in [4.69, 9.17) is 0 Å². The summed E-state index contributed by atoms with van der Waals surface area (Å²) in [5.41, 5.74) is 2.89. The van der Waals surface area contributed by atoms with E-state index < -0.39 is 4.92 Å². The maximum atomic E-state index is 13.1. The summed E-state index contributed by atoms with van der Waals surface area (Å²) in [6, 6.07) is 13.6. The topological polar surface area (TPSA) is 80.5 Å². The van der Waals surface area contributed by atoms with Crippen molar-refractivity contribution >= 4 is 39.0 Å².